The van der Waals surface area contributed by atoms with Crippen molar-refractivity contribution in [3.8, 4) is 5.75 Å². The predicted octanol–water partition coefficient (Wildman–Crippen LogP) is 1.93. The summed E-state index contributed by atoms with van der Waals surface area (Å²) >= 11 is 0. The van der Waals surface area contributed by atoms with Gasteiger partial charge in [-0.2, -0.15) is 0 Å². The van der Waals surface area contributed by atoms with E-state index < -0.39 is 5.56 Å². The van der Waals surface area contributed by atoms with Crippen LogP contribution in [0.3, 0.4) is 0 Å². The van der Waals surface area contributed by atoms with E-state index in [1.54, 1.807) is 6.07 Å². The lowest BCUT2D eigenvalue weighted by atomic mass is 10.2. The van der Waals surface area contributed by atoms with Crippen molar-refractivity contribution in [2.24, 2.45) is 0 Å². The number of nitrogens with one attached hydrogen (secondary N) is 2. The molecule has 1 aliphatic heterocycles. The minimum Gasteiger partial charge on any atom is -0.503 e. The number of benzene rings is 1. The molecule has 0 radical (unpaired) electrons. The van der Waals surface area contributed by atoms with Crippen molar-refractivity contribution >= 4 is 0 Å². The average Bonchev–Trinajstić information content (AvgIpc) is 3.10. The Morgan fingerprint density at radius 1 is 1.21 bits per heavy atom. The summed E-state index contributed by atoms with van der Waals surface area (Å²) < 4.78 is 10.6. The molecule has 1 saturated heterocycles. The smallest absolute Gasteiger partial charge is 0.290 e. The third-order valence-electron chi connectivity index (χ3n) is 3.52. The first-order valence-corrected chi connectivity index (χ1v) is 8.02. The molecule has 6 heteroatoms. The average molecular weight is 332 g/mol. The van der Waals surface area contributed by atoms with E-state index in [2.05, 4.69) is 29.4 Å². The first-order valence-electron chi connectivity index (χ1n) is 8.02. The molecule has 0 unspecified atom stereocenters. The molecule has 0 amide bonds. The summed E-state index contributed by atoms with van der Waals surface area (Å²) in [5.74, 6) is -0.228. The van der Waals surface area contributed by atoms with Crippen LogP contribution in [0.2, 0.25) is 0 Å². The molecule has 24 heavy (non-hydrogen) atoms. The lowest BCUT2D eigenvalue weighted by Gasteiger charge is -2.10. The summed E-state index contributed by atoms with van der Waals surface area (Å²) in [6.07, 6.45) is 2.14. The molecule has 130 valence electrons. The fourth-order valence-electron chi connectivity index (χ4n) is 2.20. The van der Waals surface area contributed by atoms with Gasteiger partial charge in [0.1, 0.15) is 0 Å². The van der Waals surface area contributed by atoms with Gasteiger partial charge in [0.25, 0.3) is 5.56 Å². The molecule has 0 bridgehead atoms. The fraction of sp³-hybridized carbons (Fsp3) is 0.389. The normalized spacial score (nSPS) is 14.2. The molecule has 1 fully saturated rings. The highest BCUT2D eigenvalue weighted by atomic mass is 16.7. The van der Waals surface area contributed by atoms with E-state index in [1.165, 1.54) is 11.8 Å². The van der Waals surface area contributed by atoms with Crippen LogP contribution in [0.25, 0.3) is 0 Å². The van der Waals surface area contributed by atoms with Crippen LogP contribution in [-0.4, -0.2) is 36.1 Å². The third-order valence-corrected chi connectivity index (χ3v) is 3.52. The molecule has 3 N–H and O–H groups in total. The topological polar surface area (TPSA) is 83.6 Å². The number of hydrogen-bond acceptors (Lipinski definition) is 5. The molecule has 1 aliphatic rings. The molecular formula is C18H24N2O4. The van der Waals surface area contributed by atoms with Crippen molar-refractivity contribution in [1.29, 1.82) is 0 Å². The van der Waals surface area contributed by atoms with Gasteiger partial charge in [-0.15, -0.1) is 0 Å². The highest BCUT2D eigenvalue weighted by molar-refractivity contribution is 5.27. The molecule has 0 aliphatic carbocycles. The van der Waals surface area contributed by atoms with Gasteiger partial charge in [-0.25, -0.2) is 0 Å². The number of aromatic amines is 1. The molecule has 2 aromatic rings. The Morgan fingerprint density at radius 3 is 2.54 bits per heavy atom. The summed E-state index contributed by atoms with van der Waals surface area (Å²) in [5, 5.41) is 12.6. The Bertz CT molecular complexity index is 652. The minimum atomic E-state index is -0.466. The van der Waals surface area contributed by atoms with E-state index in [0.717, 1.165) is 6.42 Å². The van der Waals surface area contributed by atoms with E-state index in [1.807, 2.05) is 18.2 Å². The van der Waals surface area contributed by atoms with Crippen LogP contribution in [0, 0.1) is 6.92 Å². The molecule has 0 saturated carbocycles. The van der Waals surface area contributed by atoms with Gasteiger partial charge in [-0.1, -0.05) is 35.9 Å². The Labute approximate surface area is 141 Å². The van der Waals surface area contributed by atoms with E-state index in [-0.39, 0.29) is 12.0 Å². The molecule has 6 nitrogen and oxygen atoms in total. The SMILES string of the molecule is Cc1ccccc1.O=c1[nH]ccc(CNCCC2OCCO2)c1O. The lowest BCUT2D eigenvalue weighted by molar-refractivity contribution is -0.0459. The van der Waals surface area contributed by atoms with Crippen LogP contribution in [-0.2, 0) is 16.0 Å². The van der Waals surface area contributed by atoms with Gasteiger partial charge in [-0.05, 0) is 13.0 Å². The number of aromatic hydroxyl groups is 1. The van der Waals surface area contributed by atoms with Gasteiger partial charge < -0.3 is 24.9 Å². The monoisotopic (exact) mass is 332 g/mol. The van der Waals surface area contributed by atoms with Crippen molar-refractivity contribution in [2.75, 3.05) is 19.8 Å². The van der Waals surface area contributed by atoms with Crippen LogP contribution in [0.5, 0.6) is 5.75 Å². The summed E-state index contributed by atoms with van der Waals surface area (Å²) in [4.78, 5) is 13.5. The minimum absolute atomic E-state index is 0.129. The Hall–Kier alpha value is -2.15. The number of H-pyrrole nitrogens is 1. The number of hydrogen-bond donors (Lipinski definition) is 3. The maximum Gasteiger partial charge on any atom is 0.290 e. The molecular weight excluding hydrogens is 308 g/mol. The Morgan fingerprint density at radius 2 is 1.92 bits per heavy atom. The zero-order valence-electron chi connectivity index (χ0n) is 13.8. The summed E-state index contributed by atoms with van der Waals surface area (Å²) in [6, 6.07) is 11.9. The lowest BCUT2D eigenvalue weighted by Crippen LogP contribution is -2.21. The van der Waals surface area contributed by atoms with Crippen LogP contribution in [0.1, 0.15) is 17.5 Å². The van der Waals surface area contributed by atoms with E-state index in [9.17, 15) is 9.90 Å². The van der Waals surface area contributed by atoms with Gasteiger partial charge in [0.05, 0.1) is 13.2 Å². The second kappa shape index (κ2) is 9.87. The second-order valence-corrected chi connectivity index (χ2v) is 5.47. The van der Waals surface area contributed by atoms with E-state index in [4.69, 9.17) is 9.47 Å². The highest BCUT2D eigenvalue weighted by Gasteiger charge is 2.14. The number of aromatic nitrogens is 1. The van der Waals surface area contributed by atoms with Gasteiger partial charge >= 0.3 is 0 Å². The molecule has 1 aromatic carbocycles. The van der Waals surface area contributed by atoms with Gasteiger partial charge in [0.2, 0.25) is 0 Å². The zero-order chi connectivity index (χ0) is 17.2. The van der Waals surface area contributed by atoms with E-state index in [0.29, 0.717) is 31.9 Å². The number of ether oxygens (including phenoxy) is 2. The van der Waals surface area contributed by atoms with E-state index >= 15 is 0 Å². The molecule has 1 aromatic heterocycles. The maximum atomic E-state index is 11.1. The van der Waals surface area contributed by atoms with Gasteiger partial charge in [0, 0.05) is 31.3 Å². The highest BCUT2D eigenvalue weighted by Crippen LogP contribution is 2.09. The van der Waals surface area contributed by atoms with Crippen LogP contribution in [0.15, 0.2) is 47.4 Å². The van der Waals surface area contributed by atoms with Crippen LogP contribution < -0.4 is 10.9 Å². The number of aryl methyl sites for hydroxylation is 1. The van der Waals surface area contributed by atoms with Crippen molar-refractivity contribution in [3.05, 3.63) is 64.1 Å². The largest absolute Gasteiger partial charge is 0.503 e. The molecule has 0 spiro atoms. The third kappa shape index (κ3) is 6.16. The maximum absolute atomic E-state index is 11.1. The van der Waals surface area contributed by atoms with Crippen molar-refractivity contribution < 1.29 is 14.6 Å². The zero-order valence-corrected chi connectivity index (χ0v) is 13.8. The first-order chi connectivity index (χ1) is 11.7. The van der Waals surface area contributed by atoms with Gasteiger partial charge in [0.15, 0.2) is 12.0 Å². The van der Waals surface area contributed by atoms with Gasteiger partial charge in [-0.3, -0.25) is 4.79 Å². The quantitative estimate of drug-likeness (QED) is 0.729. The summed E-state index contributed by atoms with van der Waals surface area (Å²) in [6.45, 7) is 4.54. The fourth-order valence-corrected chi connectivity index (χ4v) is 2.20. The Kier molecular flexibility index (Phi) is 7.48. The number of rotatable bonds is 5. The van der Waals surface area contributed by atoms with Crippen molar-refractivity contribution in [1.82, 2.24) is 10.3 Å². The standard InChI is InChI=1S/C11H16N2O4.C7H8/c14-10-8(1-4-13-11(10)15)7-12-3-2-9-16-5-6-17-9;1-7-5-3-2-4-6-7/h1,4,9,12,14H,2-3,5-7H2,(H,13,15);2-6H,1H3. The summed E-state index contributed by atoms with van der Waals surface area (Å²) in [7, 11) is 0. The first kappa shape index (κ1) is 18.2. The van der Waals surface area contributed by atoms with Crippen molar-refractivity contribution in [3.63, 3.8) is 0 Å². The Balaban J connectivity index is 0.000000249. The molecule has 3 rings (SSSR count). The van der Waals surface area contributed by atoms with Crippen LogP contribution >= 0.6 is 0 Å². The second-order valence-electron chi connectivity index (χ2n) is 5.47. The predicted molar refractivity (Wildman–Crippen MR) is 91.9 cm³/mol. The van der Waals surface area contributed by atoms with Crippen LogP contribution in [0.4, 0.5) is 0 Å². The summed E-state index contributed by atoms with van der Waals surface area (Å²) in [5.41, 5.74) is 1.44. The molecule has 2 heterocycles. The number of pyridine rings is 1. The molecule has 0 atom stereocenters. The van der Waals surface area contributed by atoms with Crippen molar-refractivity contribution in [2.45, 2.75) is 26.2 Å².